The van der Waals surface area contributed by atoms with E-state index in [9.17, 15) is 5.26 Å². The van der Waals surface area contributed by atoms with Gasteiger partial charge in [0.2, 0.25) is 0 Å². The van der Waals surface area contributed by atoms with Crippen LogP contribution in [-0.2, 0) is 6.42 Å². The van der Waals surface area contributed by atoms with E-state index in [0.717, 1.165) is 28.7 Å². The second-order valence-corrected chi connectivity index (χ2v) is 3.81. The van der Waals surface area contributed by atoms with Crippen LogP contribution in [0.25, 0.3) is 11.1 Å². The smallest absolute Gasteiger partial charge is 0.100 e. The van der Waals surface area contributed by atoms with Gasteiger partial charge in [0.05, 0.1) is 5.56 Å². The fraction of sp³-hybridized carbons (Fsp3) is 0.0625. The Hall–Kier alpha value is -2.33. The summed E-state index contributed by atoms with van der Waals surface area (Å²) < 4.78 is 0. The lowest BCUT2D eigenvalue weighted by Crippen LogP contribution is -1.92. The Morgan fingerprint density at radius 1 is 1.06 bits per heavy atom. The molecule has 0 aliphatic carbocycles. The normalized spacial score (nSPS) is 9.59. The largest absolute Gasteiger partial charge is 0.192 e. The highest BCUT2D eigenvalue weighted by Gasteiger charge is 2.08. The van der Waals surface area contributed by atoms with E-state index < -0.39 is 0 Å². The molecule has 0 bridgehead atoms. The van der Waals surface area contributed by atoms with Crippen molar-refractivity contribution >= 4 is 0 Å². The Bertz CT molecular complexity index is 562. The maximum atomic E-state index is 9.30. The fourth-order valence-electron chi connectivity index (χ4n) is 1.92. The molecule has 0 saturated carbocycles. The van der Waals surface area contributed by atoms with E-state index in [4.69, 9.17) is 0 Å². The molecule has 2 rings (SSSR count). The molecule has 0 aliphatic rings. The zero-order valence-electron chi connectivity index (χ0n) is 9.56. The van der Waals surface area contributed by atoms with Crippen molar-refractivity contribution < 1.29 is 0 Å². The van der Waals surface area contributed by atoms with E-state index in [1.807, 2.05) is 54.6 Å². The van der Waals surface area contributed by atoms with Crippen molar-refractivity contribution in [1.82, 2.24) is 0 Å². The maximum Gasteiger partial charge on any atom is 0.100 e. The van der Waals surface area contributed by atoms with E-state index >= 15 is 0 Å². The van der Waals surface area contributed by atoms with Crippen LogP contribution < -0.4 is 0 Å². The maximum absolute atomic E-state index is 9.30. The van der Waals surface area contributed by atoms with Crippen LogP contribution in [0.5, 0.6) is 0 Å². The molecule has 0 unspecified atom stereocenters. The zero-order chi connectivity index (χ0) is 12.1. The van der Waals surface area contributed by atoms with Gasteiger partial charge in [-0.1, -0.05) is 54.6 Å². The van der Waals surface area contributed by atoms with E-state index in [2.05, 4.69) is 12.6 Å². The summed E-state index contributed by atoms with van der Waals surface area (Å²) in [5.41, 5.74) is 3.85. The van der Waals surface area contributed by atoms with Crippen molar-refractivity contribution in [2.45, 2.75) is 6.42 Å². The number of nitrogens with zero attached hydrogens (tertiary/aromatic N) is 1. The minimum absolute atomic E-state index is 0.726. The monoisotopic (exact) mass is 219 g/mol. The van der Waals surface area contributed by atoms with Crippen molar-refractivity contribution in [2.24, 2.45) is 0 Å². The molecule has 1 heteroatoms. The van der Waals surface area contributed by atoms with Gasteiger partial charge in [0.1, 0.15) is 6.07 Å². The third-order valence-electron chi connectivity index (χ3n) is 2.71. The molecular weight excluding hydrogens is 206 g/mol. The lowest BCUT2D eigenvalue weighted by molar-refractivity contribution is 1.25. The highest BCUT2D eigenvalue weighted by molar-refractivity contribution is 5.72. The van der Waals surface area contributed by atoms with Gasteiger partial charge in [0.15, 0.2) is 0 Å². The predicted molar refractivity (Wildman–Crippen MR) is 70.5 cm³/mol. The Labute approximate surface area is 102 Å². The Kier molecular flexibility index (Phi) is 3.37. The molecule has 82 valence electrons. The molecule has 1 nitrogen and oxygen atoms in total. The molecule has 0 aromatic heterocycles. The number of allylic oxidation sites excluding steroid dienone is 1. The van der Waals surface area contributed by atoms with Gasteiger partial charge in [0, 0.05) is 0 Å². The molecule has 0 fully saturated rings. The standard InChI is InChI=1S/C16H13N/c1-2-7-13-10-6-11-15(16(13)12-17)14-8-4-3-5-9-14/h2-6,8-11H,1,7H2. The molecular formula is C16H13N. The van der Waals surface area contributed by atoms with Crippen molar-refractivity contribution in [2.75, 3.05) is 0 Å². The molecule has 0 aliphatic heterocycles. The third-order valence-corrected chi connectivity index (χ3v) is 2.71. The summed E-state index contributed by atoms with van der Waals surface area (Å²) >= 11 is 0. The summed E-state index contributed by atoms with van der Waals surface area (Å²) in [4.78, 5) is 0. The summed E-state index contributed by atoms with van der Waals surface area (Å²) in [6, 6.07) is 18.2. The van der Waals surface area contributed by atoms with Crippen LogP contribution in [0.3, 0.4) is 0 Å². The van der Waals surface area contributed by atoms with Crippen LogP contribution in [0.4, 0.5) is 0 Å². The molecule has 0 spiro atoms. The molecule has 0 radical (unpaired) electrons. The third kappa shape index (κ3) is 2.26. The first kappa shape index (κ1) is 11.2. The first-order valence-electron chi connectivity index (χ1n) is 5.55. The van der Waals surface area contributed by atoms with Gasteiger partial charge < -0.3 is 0 Å². The van der Waals surface area contributed by atoms with Crippen molar-refractivity contribution in [1.29, 1.82) is 5.26 Å². The van der Waals surface area contributed by atoms with E-state index in [0.29, 0.717) is 0 Å². The highest BCUT2D eigenvalue weighted by atomic mass is 14.3. The Morgan fingerprint density at radius 3 is 2.47 bits per heavy atom. The van der Waals surface area contributed by atoms with Gasteiger partial charge in [-0.3, -0.25) is 0 Å². The first-order chi connectivity index (χ1) is 8.36. The van der Waals surface area contributed by atoms with Gasteiger partial charge in [-0.2, -0.15) is 5.26 Å². The predicted octanol–water partition coefficient (Wildman–Crippen LogP) is 3.95. The minimum atomic E-state index is 0.726. The van der Waals surface area contributed by atoms with E-state index in [1.165, 1.54) is 0 Å². The number of benzene rings is 2. The lowest BCUT2D eigenvalue weighted by Gasteiger charge is -2.08. The average molecular weight is 219 g/mol. The van der Waals surface area contributed by atoms with Gasteiger partial charge >= 0.3 is 0 Å². The van der Waals surface area contributed by atoms with Crippen LogP contribution in [0.2, 0.25) is 0 Å². The van der Waals surface area contributed by atoms with Gasteiger partial charge in [0.25, 0.3) is 0 Å². The van der Waals surface area contributed by atoms with Crippen molar-refractivity contribution in [3.8, 4) is 17.2 Å². The summed E-state index contributed by atoms with van der Waals surface area (Å²) in [5, 5.41) is 9.30. The zero-order valence-corrected chi connectivity index (χ0v) is 9.56. The van der Waals surface area contributed by atoms with Crippen molar-refractivity contribution in [3.05, 3.63) is 72.3 Å². The Morgan fingerprint density at radius 2 is 1.82 bits per heavy atom. The van der Waals surface area contributed by atoms with Gasteiger partial charge in [-0.25, -0.2) is 0 Å². The quantitative estimate of drug-likeness (QED) is 0.717. The number of hydrogen-bond acceptors (Lipinski definition) is 1. The van der Waals surface area contributed by atoms with Crippen LogP contribution in [-0.4, -0.2) is 0 Å². The molecule has 2 aromatic carbocycles. The molecule has 0 saturated heterocycles. The lowest BCUT2D eigenvalue weighted by atomic mass is 9.95. The van der Waals surface area contributed by atoms with E-state index in [1.54, 1.807) is 0 Å². The molecule has 0 atom stereocenters. The number of nitriles is 1. The van der Waals surface area contributed by atoms with E-state index in [-0.39, 0.29) is 0 Å². The molecule has 0 amide bonds. The summed E-state index contributed by atoms with van der Waals surface area (Å²) in [6.07, 6.45) is 2.55. The molecule has 2 aromatic rings. The highest BCUT2D eigenvalue weighted by Crippen LogP contribution is 2.25. The molecule has 0 heterocycles. The number of rotatable bonds is 3. The summed E-state index contributed by atoms with van der Waals surface area (Å²) in [5.74, 6) is 0. The van der Waals surface area contributed by atoms with Crippen LogP contribution >= 0.6 is 0 Å². The molecule has 17 heavy (non-hydrogen) atoms. The SMILES string of the molecule is C=CCc1cccc(-c2ccccc2)c1C#N. The average Bonchev–Trinajstić information content (AvgIpc) is 2.40. The fourth-order valence-corrected chi connectivity index (χ4v) is 1.92. The molecule has 0 N–H and O–H groups in total. The van der Waals surface area contributed by atoms with Crippen molar-refractivity contribution in [3.63, 3.8) is 0 Å². The summed E-state index contributed by atoms with van der Waals surface area (Å²) in [7, 11) is 0. The van der Waals surface area contributed by atoms with Gasteiger partial charge in [-0.05, 0) is 23.1 Å². The van der Waals surface area contributed by atoms with Crippen LogP contribution in [0.1, 0.15) is 11.1 Å². The number of hydrogen-bond donors (Lipinski definition) is 0. The Balaban J connectivity index is 2.59. The first-order valence-corrected chi connectivity index (χ1v) is 5.55. The second-order valence-electron chi connectivity index (χ2n) is 3.81. The second kappa shape index (κ2) is 5.14. The van der Waals surface area contributed by atoms with Gasteiger partial charge in [-0.15, -0.1) is 6.58 Å². The van der Waals surface area contributed by atoms with Crippen LogP contribution in [0, 0.1) is 11.3 Å². The topological polar surface area (TPSA) is 23.8 Å². The van der Waals surface area contributed by atoms with Crippen LogP contribution in [0.15, 0.2) is 61.2 Å². The minimum Gasteiger partial charge on any atom is -0.192 e. The summed E-state index contributed by atoms with van der Waals surface area (Å²) in [6.45, 7) is 3.72.